The van der Waals surface area contributed by atoms with Gasteiger partial charge in [0, 0.05) is 21.0 Å². The lowest BCUT2D eigenvalue weighted by Gasteiger charge is -2.17. The number of nitrogens with two attached hydrogens (primary N) is 1. The summed E-state index contributed by atoms with van der Waals surface area (Å²) in [5.74, 6) is 0.192. The Kier molecular flexibility index (Phi) is 5.27. The monoisotopic (exact) mass is 533 g/mol. The third-order valence-electron chi connectivity index (χ3n) is 6.94. The molecule has 0 saturated carbocycles. The van der Waals surface area contributed by atoms with Crippen LogP contribution < -0.4 is 11.2 Å². The first-order valence-corrected chi connectivity index (χ1v) is 13.2. The molecule has 1 atom stereocenters. The molecule has 4 heterocycles. The third kappa shape index (κ3) is 3.62. The number of para-hydroxylation sites is 1. The summed E-state index contributed by atoms with van der Waals surface area (Å²) in [5.41, 5.74) is 9.31. The Morgan fingerprint density at radius 1 is 1.00 bits per heavy atom. The number of anilines is 1. The molecular weight excluding hydrogens is 513 g/mol. The van der Waals surface area contributed by atoms with Gasteiger partial charge in [0.2, 0.25) is 5.43 Å². The van der Waals surface area contributed by atoms with Crippen molar-refractivity contribution in [1.82, 2.24) is 19.7 Å². The molecule has 2 N–H and O–H groups in total. The molecule has 4 aromatic heterocycles. The minimum absolute atomic E-state index is 0.251. The van der Waals surface area contributed by atoms with Crippen LogP contribution in [0, 0.1) is 5.82 Å². The third-order valence-corrected chi connectivity index (χ3v) is 7.90. The van der Waals surface area contributed by atoms with Crippen LogP contribution in [-0.4, -0.2) is 19.7 Å². The number of hydrogen-bond donors (Lipinski definition) is 1. The summed E-state index contributed by atoms with van der Waals surface area (Å²) in [4.78, 5) is 22.6. The number of nitrogen functional groups attached to an aromatic ring is 1. The first-order chi connectivity index (χ1) is 19.0. The van der Waals surface area contributed by atoms with Gasteiger partial charge in [0.25, 0.3) is 0 Å². The Bertz CT molecular complexity index is 2110. The van der Waals surface area contributed by atoms with Crippen LogP contribution in [0.4, 0.5) is 10.2 Å². The minimum atomic E-state index is -0.601. The number of rotatable bonds is 4. The van der Waals surface area contributed by atoms with E-state index >= 15 is 0 Å². The van der Waals surface area contributed by atoms with Crippen molar-refractivity contribution in [3.8, 4) is 22.4 Å². The van der Waals surface area contributed by atoms with E-state index in [1.165, 1.54) is 18.5 Å². The molecule has 0 aliphatic carbocycles. The number of hydrogen-bond acceptors (Lipinski definition) is 7. The van der Waals surface area contributed by atoms with Gasteiger partial charge in [0.05, 0.1) is 16.3 Å². The van der Waals surface area contributed by atoms with Crippen molar-refractivity contribution in [1.29, 1.82) is 0 Å². The molecule has 39 heavy (non-hydrogen) atoms. The van der Waals surface area contributed by atoms with E-state index in [4.69, 9.17) is 15.2 Å². The largest absolute Gasteiger partial charge is 0.458 e. The summed E-state index contributed by atoms with van der Waals surface area (Å²) in [6.07, 6.45) is 1.39. The number of benzene rings is 3. The van der Waals surface area contributed by atoms with E-state index < -0.39 is 11.9 Å². The zero-order valence-corrected chi connectivity index (χ0v) is 21.4. The van der Waals surface area contributed by atoms with Crippen molar-refractivity contribution < 1.29 is 8.81 Å². The molecule has 0 radical (unpaired) electrons. The Hall–Kier alpha value is -4.89. The molecule has 0 fully saturated rings. The summed E-state index contributed by atoms with van der Waals surface area (Å²) < 4.78 is 23.5. The minimum Gasteiger partial charge on any atom is -0.458 e. The van der Waals surface area contributed by atoms with Gasteiger partial charge in [-0.2, -0.15) is 5.10 Å². The zero-order valence-electron chi connectivity index (χ0n) is 20.6. The molecule has 0 aliphatic heterocycles. The van der Waals surface area contributed by atoms with Crippen molar-refractivity contribution in [3.05, 3.63) is 106 Å². The quantitative estimate of drug-likeness (QED) is 0.267. The molecular formula is C30H20FN5O2S. The van der Waals surface area contributed by atoms with Crippen molar-refractivity contribution in [2.75, 3.05) is 5.73 Å². The maximum Gasteiger partial charge on any atom is 0.200 e. The molecule has 9 heteroatoms. The molecule has 0 spiro atoms. The van der Waals surface area contributed by atoms with Gasteiger partial charge < -0.3 is 10.2 Å². The van der Waals surface area contributed by atoms with E-state index in [1.807, 2.05) is 30.5 Å². The van der Waals surface area contributed by atoms with Crippen molar-refractivity contribution in [2.24, 2.45) is 0 Å². The van der Waals surface area contributed by atoms with Crippen LogP contribution in [0.3, 0.4) is 0 Å². The number of fused-ring (bicyclic) bond motifs is 3. The van der Waals surface area contributed by atoms with E-state index in [9.17, 15) is 9.18 Å². The maximum atomic E-state index is 14.3. The second-order valence-electron chi connectivity index (χ2n) is 9.25. The molecule has 190 valence electrons. The van der Waals surface area contributed by atoms with Crippen LogP contribution >= 0.6 is 11.3 Å². The fraction of sp³-hybridized carbons (Fsp3) is 0.0667. The summed E-state index contributed by atoms with van der Waals surface area (Å²) in [6, 6.07) is 20.4. The summed E-state index contributed by atoms with van der Waals surface area (Å²) in [6.45, 7) is 1.87. The number of nitrogens with zero attached hydrogens (tertiary/aromatic N) is 4. The van der Waals surface area contributed by atoms with E-state index in [0.29, 0.717) is 44.8 Å². The highest BCUT2D eigenvalue weighted by Gasteiger charge is 2.27. The standard InChI is InChI=1S/C30H20FN5O2S/c1-16(28-24(17-7-6-8-18(31)13-17)27(37)20-10-2-4-11-22(20)38-28)36-30-25(29(32)33-15-34-30)26(35-36)21-14-39-23-12-5-3-9-19(21)23/h2-16H,1H3,(H2,32,33,34). The van der Waals surface area contributed by atoms with Gasteiger partial charge in [-0.3, -0.25) is 4.79 Å². The summed E-state index contributed by atoms with van der Waals surface area (Å²) >= 11 is 1.62. The van der Waals surface area contributed by atoms with Gasteiger partial charge in [-0.25, -0.2) is 19.0 Å². The molecule has 1 unspecified atom stereocenters. The number of aromatic nitrogens is 4. The average Bonchev–Trinajstić information content (AvgIpc) is 3.55. The molecule has 7 rings (SSSR count). The fourth-order valence-corrected chi connectivity index (χ4v) is 6.04. The van der Waals surface area contributed by atoms with Crippen LogP contribution in [0.15, 0.2) is 93.7 Å². The van der Waals surface area contributed by atoms with Gasteiger partial charge in [0.15, 0.2) is 5.65 Å². The van der Waals surface area contributed by atoms with Crippen LogP contribution in [0.25, 0.3) is 54.5 Å². The normalized spacial score (nSPS) is 12.5. The molecule has 7 aromatic rings. The van der Waals surface area contributed by atoms with Gasteiger partial charge in [-0.1, -0.05) is 42.5 Å². The van der Waals surface area contributed by atoms with Crippen molar-refractivity contribution in [2.45, 2.75) is 13.0 Å². The molecule has 0 aliphatic rings. The van der Waals surface area contributed by atoms with E-state index in [-0.39, 0.29) is 11.0 Å². The lowest BCUT2D eigenvalue weighted by atomic mass is 9.99. The van der Waals surface area contributed by atoms with Gasteiger partial charge in [0.1, 0.15) is 41.0 Å². The topological polar surface area (TPSA) is 99.8 Å². The first-order valence-electron chi connectivity index (χ1n) is 12.3. The Morgan fingerprint density at radius 2 is 1.79 bits per heavy atom. The highest BCUT2D eigenvalue weighted by Crippen LogP contribution is 2.40. The Balaban J connectivity index is 1.52. The highest BCUT2D eigenvalue weighted by atomic mass is 32.1. The van der Waals surface area contributed by atoms with E-state index in [2.05, 4.69) is 16.0 Å². The highest BCUT2D eigenvalue weighted by molar-refractivity contribution is 7.17. The second-order valence-corrected chi connectivity index (χ2v) is 10.2. The molecule has 7 nitrogen and oxygen atoms in total. The zero-order chi connectivity index (χ0) is 26.7. The maximum absolute atomic E-state index is 14.3. The van der Waals surface area contributed by atoms with Crippen molar-refractivity contribution in [3.63, 3.8) is 0 Å². The van der Waals surface area contributed by atoms with E-state index in [0.717, 1.165) is 15.6 Å². The smallest absolute Gasteiger partial charge is 0.200 e. The molecule has 0 saturated heterocycles. The SMILES string of the molecule is CC(c1oc2ccccc2c(=O)c1-c1cccc(F)c1)n1nc(-c2csc3ccccc23)c2c(N)ncnc21. The first kappa shape index (κ1) is 23.2. The summed E-state index contributed by atoms with van der Waals surface area (Å²) in [5, 5.41) is 9.10. The van der Waals surface area contributed by atoms with Crippen molar-refractivity contribution >= 4 is 49.2 Å². The molecule has 3 aromatic carbocycles. The fourth-order valence-electron chi connectivity index (χ4n) is 5.10. The van der Waals surface area contributed by atoms with Crippen LogP contribution in [-0.2, 0) is 0 Å². The van der Waals surface area contributed by atoms with Crippen LogP contribution in [0.5, 0.6) is 0 Å². The van der Waals surface area contributed by atoms with Gasteiger partial charge >= 0.3 is 0 Å². The van der Waals surface area contributed by atoms with Gasteiger partial charge in [-0.05, 0) is 42.8 Å². The Labute approximate surface area is 225 Å². The average molecular weight is 534 g/mol. The molecule has 0 bridgehead atoms. The lowest BCUT2D eigenvalue weighted by Crippen LogP contribution is -2.16. The lowest BCUT2D eigenvalue weighted by molar-refractivity contribution is 0.446. The van der Waals surface area contributed by atoms with Gasteiger partial charge in [-0.15, -0.1) is 11.3 Å². The van der Waals surface area contributed by atoms with E-state index in [1.54, 1.807) is 52.4 Å². The van der Waals surface area contributed by atoms with Crippen LogP contribution in [0.1, 0.15) is 18.7 Å². The predicted molar refractivity (Wildman–Crippen MR) is 152 cm³/mol. The summed E-state index contributed by atoms with van der Waals surface area (Å²) in [7, 11) is 0. The predicted octanol–water partition coefficient (Wildman–Crippen LogP) is 6.81. The number of halogens is 1. The van der Waals surface area contributed by atoms with Crippen LogP contribution in [0.2, 0.25) is 0 Å². The second kappa shape index (κ2) is 8.85. The Morgan fingerprint density at radius 3 is 2.64 bits per heavy atom. The number of thiophene rings is 1. The molecule has 0 amide bonds.